The van der Waals surface area contributed by atoms with Gasteiger partial charge in [-0.15, -0.1) is 11.3 Å². The van der Waals surface area contributed by atoms with Crippen LogP contribution in [-0.4, -0.2) is 102 Å². The minimum atomic E-state index is -1.70. The van der Waals surface area contributed by atoms with Crippen molar-refractivity contribution in [3.05, 3.63) is 59.0 Å². The van der Waals surface area contributed by atoms with Crippen LogP contribution in [0.4, 0.5) is 5.69 Å². The van der Waals surface area contributed by atoms with Crippen LogP contribution in [0, 0.1) is 11.3 Å². The summed E-state index contributed by atoms with van der Waals surface area (Å²) < 4.78 is 5.06. The maximum absolute atomic E-state index is 12.6. The van der Waals surface area contributed by atoms with Crippen LogP contribution in [0.2, 0.25) is 0 Å². The van der Waals surface area contributed by atoms with Gasteiger partial charge in [0.25, 0.3) is 5.91 Å². The number of aliphatic hydroxyl groups is 4. The van der Waals surface area contributed by atoms with Crippen LogP contribution in [0.5, 0.6) is 0 Å². The quantitative estimate of drug-likeness (QED) is 0.219. The Labute approximate surface area is 235 Å². The van der Waals surface area contributed by atoms with Gasteiger partial charge in [0, 0.05) is 48.2 Å². The number of thiophene rings is 1. The van der Waals surface area contributed by atoms with E-state index in [0.29, 0.717) is 0 Å². The molecule has 2 aliphatic heterocycles. The Morgan fingerprint density at radius 2 is 1.75 bits per heavy atom. The fourth-order valence-corrected chi connectivity index (χ4v) is 5.86. The number of carbonyl (C=O) groups is 1. The molecule has 40 heavy (non-hydrogen) atoms. The standard InChI is InChI=1S/C29H32N4O6S/c1-32-8-10-33(11-9-32)21-5-4-17-12-19(3-2-18(17)13-21)24-7-6-22(40-24)14-20(15-30)28(37)31-16-23-25(34)26(35)27(36)29(38)39-23/h2-7,12-14,23,25-27,29,34-36,38H,8-11,16H2,1H3,(H,31,37)/b20-14+/t23-,25-,26+,27-,29?/m1/s1. The number of rotatable bonds is 6. The number of fused-ring (bicyclic) bond motifs is 1. The van der Waals surface area contributed by atoms with Gasteiger partial charge in [0.2, 0.25) is 0 Å². The first-order valence-corrected chi connectivity index (χ1v) is 13.9. The molecule has 11 heteroatoms. The average Bonchev–Trinajstić information content (AvgIpc) is 3.44. The number of hydrogen-bond donors (Lipinski definition) is 5. The average molecular weight is 565 g/mol. The fourth-order valence-electron chi connectivity index (χ4n) is 4.91. The van der Waals surface area contributed by atoms with Crippen molar-refractivity contribution in [1.82, 2.24) is 10.2 Å². The number of nitriles is 1. The highest BCUT2D eigenvalue weighted by Gasteiger charge is 2.43. The SMILES string of the molecule is CN1CCN(c2ccc3cc(-c4ccc(/C=C(\C#N)C(=O)NC[C@H]5OC(O)[C@H](O)[C@@H](O)[C@@H]5O)s4)ccc3c2)CC1. The zero-order chi connectivity index (χ0) is 28.4. The molecule has 2 saturated heterocycles. The van der Waals surface area contributed by atoms with E-state index in [4.69, 9.17) is 4.74 Å². The van der Waals surface area contributed by atoms with Crippen LogP contribution < -0.4 is 10.2 Å². The number of hydrogen-bond acceptors (Lipinski definition) is 10. The van der Waals surface area contributed by atoms with E-state index in [2.05, 4.69) is 58.6 Å². The number of nitrogens with one attached hydrogen (secondary N) is 1. The summed E-state index contributed by atoms with van der Waals surface area (Å²) in [5, 5.41) is 53.4. The summed E-state index contributed by atoms with van der Waals surface area (Å²) >= 11 is 1.45. The first-order valence-electron chi connectivity index (χ1n) is 13.1. The van der Waals surface area contributed by atoms with E-state index in [0.717, 1.165) is 46.9 Å². The van der Waals surface area contributed by atoms with Crippen molar-refractivity contribution in [2.75, 3.05) is 44.7 Å². The Morgan fingerprint density at radius 3 is 2.50 bits per heavy atom. The fraction of sp³-hybridized carbons (Fsp3) is 0.379. The molecular weight excluding hydrogens is 532 g/mol. The lowest BCUT2D eigenvalue weighted by atomic mass is 9.99. The van der Waals surface area contributed by atoms with E-state index in [-0.39, 0.29) is 12.1 Å². The van der Waals surface area contributed by atoms with E-state index in [9.17, 15) is 30.5 Å². The number of aliphatic hydroxyl groups excluding tert-OH is 4. The Kier molecular flexibility index (Phi) is 8.48. The van der Waals surface area contributed by atoms with Gasteiger partial charge < -0.3 is 40.3 Å². The molecule has 210 valence electrons. The van der Waals surface area contributed by atoms with Gasteiger partial charge in [-0.3, -0.25) is 4.79 Å². The van der Waals surface area contributed by atoms with E-state index in [1.54, 1.807) is 0 Å². The number of ether oxygens (including phenoxy) is 1. The molecular formula is C29H32N4O6S. The number of carbonyl (C=O) groups excluding carboxylic acids is 1. The number of likely N-dealkylation sites (N-methyl/N-ethyl adjacent to an activating group) is 1. The number of benzene rings is 2. The van der Waals surface area contributed by atoms with E-state index >= 15 is 0 Å². The van der Waals surface area contributed by atoms with Crippen LogP contribution in [0.15, 0.2) is 54.1 Å². The monoisotopic (exact) mass is 564 g/mol. The molecule has 2 fully saturated rings. The Balaban J connectivity index is 1.25. The third-order valence-electron chi connectivity index (χ3n) is 7.41. The van der Waals surface area contributed by atoms with Gasteiger partial charge in [-0.2, -0.15) is 5.26 Å². The molecule has 0 bridgehead atoms. The predicted octanol–water partition coefficient (Wildman–Crippen LogP) is 1.14. The molecule has 1 unspecified atom stereocenters. The van der Waals surface area contributed by atoms with Gasteiger partial charge in [-0.25, -0.2) is 0 Å². The first-order chi connectivity index (χ1) is 19.2. The molecule has 0 radical (unpaired) electrons. The molecule has 0 saturated carbocycles. The lowest BCUT2D eigenvalue weighted by Gasteiger charge is -2.38. The minimum absolute atomic E-state index is 0.144. The van der Waals surface area contributed by atoms with Crippen molar-refractivity contribution in [2.45, 2.75) is 30.7 Å². The normalized spacial score (nSPS) is 26.1. The molecule has 3 aromatic rings. The smallest absolute Gasteiger partial charge is 0.262 e. The highest BCUT2D eigenvalue weighted by molar-refractivity contribution is 7.16. The highest BCUT2D eigenvalue weighted by atomic mass is 32.1. The topological polar surface area (TPSA) is 150 Å². The summed E-state index contributed by atoms with van der Waals surface area (Å²) in [7, 11) is 2.15. The molecule has 5 rings (SSSR count). The second kappa shape index (κ2) is 12.0. The Hall–Kier alpha value is -3.34. The predicted molar refractivity (Wildman–Crippen MR) is 152 cm³/mol. The third kappa shape index (κ3) is 6.04. The lowest BCUT2D eigenvalue weighted by molar-refractivity contribution is -0.280. The largest absolute Gasteiger partial charge is 0.388 e. The molecule has 0 spiro atoms. The second-order valence-electron chi connectivity index (χ2n) is 10.2. The Bertz CT molecular complexity index is 1440. The Morgan fingerprint density at radius 1 is 1.02 bits per heavy atom. The second-order valence-corrected chi connectivity index (χ2v) is 11.3. The molecule has 1 aromatic heterocycles. The number of amides is 1. The highest BCUT2D eigenvalue weighted by Crippen LogP contribution is 2.33. The third-order valence-corrected chi connectivity index (χ3v) is 8.49. The van der Waals surface area contributed by atoms with Crippen molar-refractivity contribution in [3.63, 3.8) is 0 Å². The molecule has 0 aliphatic carbocycles. The summed E-state index contributed by atoms with van der Waals surface area (Å²) in [6.45, 7) is 3.86. The van der Waals surface area contributed by atoms with Gasteiger partial charge in [-0.1, -0.05) is 18.2 Å². The van der Waals surface area contributed by atoms with Gasteiger partial charge in [-0.05, 0) is 59.8 Å². The van der Waals surface area contributed by atoms with Gasteiger partial charge in [0.1, 0.15) is 36.1 Å². The molecule has 2 aromatic carbocycles. The van der Waals surface area contributed by atoms with E-state index in [1.807, 2.05) is 18.2 Å². The first kappa shape index (κ1) is 28.2. The van der Waals surface area contributed by atoms with Gasteiger partial charge in [0.05, 0.1) is 0 Å². The lowest BCUT2D eigenvalue weighted by Crippen LogP contribution is -2.60. The minimum Gasteiger partial charge on any atom is -0.388 e. The molecule has 5 N–H and O–H groups in total. The molecule has 10 nitrogen and oxygen atoms in total. The molecule has 1 amide bonds. The van der Waals surface area contributed by atoms with Gasteiger partial charge in [0.15, 0.2) is 6.29 Å². The maximum atomic E-state index is 12.6. The molecule has 3 heterocycles. The van der Waals surface area contributed by atoms with Crippen molar-refractivity contribution >= 4 is 39.8 Å². The van der Waals surface area contributed by atoms with E-state index in [1.165, 1.54) is 28.5 Å². The number of nitrogens with zero attached hydrogens (tertiary/aromatic N) is 3. The van der Waals surface area contributed by atoms with Crippen LogP contribution in [0.3, 0.4) is 0 Å². The zero-order valence-corrected chi connectivity index (χ0v) is 22.8. The summed E-state index contributed by atoms with van der Waals surface area (Å²) in [6, 6.07) is 18.5. The van der Waals surface area contributed by atoms with Crippen LogP contribution in [0.25, 0.3) is 27.3 Å². The maximum Gasteiger partial charge on any atom is 0.262 e. The number of anilines is 1. The summed E-state index contributed by atoms with van der Waals surface area (Å²) in [6.07, 6.45) is -6.19. The van der Waals surface area contributed by atoms with E-state index < -0.39 is 36.6 Å². The van der Waals surface area contributed by atoms with Crippen LogP contribution >= 0.6 is 11.3 Å². The van der Waals surface area contributed by atoms with Gasteiger partial charge >= 0.3 is 0 Å². The number of piperazine rings is 1. The van der Waals surface area contributed by atoms with Crippen LogP contribution in [-0.2, 0) is 9.53 Å². The van der Waals surface area contributed by atoms with Crippen LogP contribution in [0.1, 0.15) is 4.88 Å². The summed E-state index contributed by atoms with van der Waals surface area (Å²) in [5.74, 6) is -0.690. The van der Waals surface area contributed by atoms with Crippen molar-refractivity contribution in [1.29, 1.82) is 5.26 Å². The summed E-state index contributed by atoms with van der Waals surface area (Å²) in [4.78, 5) is 19.1. The molecule has 5 atom stereocenters. The van der Waals surface area contributed by atoms with Crippen molar-refractivity contribution in [2.24, 2.45) is 0 Å². The van der Waals surface area contributed by atoms with Crippen molar-refractivity contribution in [3.8, 4) is 16.5 Å². The summed E-state index contributed by atoms with van der Waals surface area (Å²) in [5.41, 5.74) is 2.12. The van der Waals surface area contributed by atoms with Crippen molar-refractivity contribution < 1.29 is 30.0 Å². The zero-order valence-electron chi connectivity index (χ0n) is 22.0. The molecule has 2 aliphatic rings.